The molecule has 0 unspecified atom stereocenters. The zero-order valence-corrected chi connectivity index (χ0v) is 12.7. The average molecular weight is 304 g/mol. The van der Waals surface area contributed by atoms with E-state index in [-0.39, 0.29) is 16.8 Å². The van der Waals surface area contributed by atoms with Crippen LogP contribution in [0.2, 0.25) is 0 Å². The van der Waals surface area contributed by atoms with Crippen molar-refractivity contribution in [3.63, 3.8) is 0 Å². The molecule has 0 heterocycles. The summed E-state index contributed by atoms with van der Waals surface area (Å²) in [5, 5.41) is 0. The van der Waals surface area contributed by atoms with Gasteiger partial charge in [0.25, 0.3) is 0 Å². The molecule has 1 fully saturated rings. The predicted octanol–water partition coefficient (Wildman–Crippen LogP) is 2.61. The Morgan fingerprint density at radius 3 is 2.58 bits per heavy atom. The van der Waals surface area contributed by atoms with Gasteiger partial charge in [-0.1, -0.05) is 13.0 Å². The molecule has 4 nitrogen and oxygen atoms in total. The fourth-order valence-electron chi connectivity index (χ4n) is 2.12. The Morgan fingerprint density at radius 2 is 2.11 bits per heavy atom. The van der Waals surface area contributed by atoms with E-state index in [0.717, 1.165) is 18.4 Å². The van der Waals surface area contributed by atoms with E-state index in [1.54, 1.807) is 22.5 Å². The zero-order valence-electron chi connectivity index (χ0n) is 11.1. The number of sulfonamides is 1. The van der Waals surface area contributed by atoms with Crippen LogP contribution in [0.5, 0.6) is 5.75 Å². The smallest absolute Gasteiger partial charge is 0.247 e. The second-order valence-electron chi connectivity index (χ2n) is 4.56. The fraction of sp³-hybridized carbons (Fsp3) is 0.538. The van der Waals surface area contributed by atoms with Crippen molar-refractivity contribution in [1.82, 2.24) is 4.31 Å². The van der Waals surface area contributed by atoms with E-state index in [2.05, 4.69) is 0 Å². The highest BCUT2D eigenvalue weighted by atomic mass is 35.5. The molecule has 106 valence electrons. The van der Waals surface area contributed by atoms with Crippen LogP contribution in [0.3, 0.4) is 0 Å². The van der Waals surface area contributed by atoms with E-state index in [1.807, 2.05) is 6.92 Å². The molecule has 1 aliphatic carbocycles. The summed E-state index contributed by atoms with van der Waals surface area (Å²) >= 11 is 5.78. The second kappa shape index (κ2) is 5.69. The Balaban J connectivity index is 2.48. The minimum absolute atomic E-state index is 0.138. The van der Waals surface area contributed by atoms with Crippen molar-refractivity contribution in [1.29, 1.82) is 0 Å². The van der Waals surface area contributed by atoms with Gasteiger partial charge < -0.3 is 4.74 Å². The van der Waals surface area contributed by atoms with Crippen molar-refractivity contribution < 1.29 is 13.2 Å². The number of hydrogen-bond donors (Lipinski definition) is 0. The standard InChI is InChI=1S/C13H18ClNO3S/c1-3-15(11-5-6-11)19(16,17)13-8-10(9-14)4-7-12(13)18-2/h4,7-8,11H,3,5-6,9H2,1-2H3. The lowest BCUT2D eigenvalue weighted by molar-refractivity contribution is 0.390. The van der Waals surface area contributed by atoms with Crippen molar-refractivity contribution in [3.8, 4) is 5.75 Å². The van der Waals surface area contributed by atoms with Crippen LogP contribution in [0.15, 0.2) is 23.1 Å². The van der Waals surface area contributed by atoms with Crippen LogP contribution in [0.1, 0.15) is 25.3 Å². The monoisotopic (exact) mass is 303 g/mol. The molecule has 0 atom stereocenters. The highest BCUT2D eigenvalue weighted by Crippen LogP contribution is 2.35. The first kappa shape index (κ1) is 14.6. The minimum Gasteiger partial charge on any atom is -0.495 e. The fourth-order valence-corrected chi connectivity index (χ4v) is 4.19. The Kier molecular flexibility index (Phi) is 4.38. The maximum Gasteiger partial charge on any atom is 0.247 e. The zero-order chi connectivity index (χ0) is 14.0. The van der Waals surface area contributed by atoms with Gasteiger partial charge in [0.15, 0.2) is 0 Å². The van der Waals surface area contributed by atoms with Crippen LogP contribution < -0.4 is 4.74 Å². The van der Waals surface area contributed by atoms with Gasteiger partial charge in [0.05, 0.1) is 7.11 Å². The van der Waals surface area contributed by atoms with Crippen LogP contribution >= 0.6 is 11.6 Å². The third-order valence-electron chi connectivity index (χ3n) is 3.23. The molecule has 0 radical (unpaired) electrons. The van der Waals surface area contributed by atoms with Gasteiger partial charge in [-0.2, -0.15) is 4.31 Å². The molecule has 0 amide bonds. The summed E-state index contributed by atoms with van der Waals surface area (Å²) < 4.78 is 32.1. The number of rotatable bonds is 6. The van der Waals surface area contributed by atoms with Gasteiger partial charge in [-0.25, -0.2) is 8.42 Å². The lowest BCUT2D eigenvalue weighted by Gasteiger charge is -2.21. The maximum absolute atomic E-state index is 12.7. The number of benzene rings is 1. The van der Waals surface area contributed by atoms with E-state index in [0.29, 0.717) is 12.3 Å². The van der Waals surface area contributed by atoms with Gasteiger partial charge in [-0.15, -0.1) is 11.6 Å². The molecule has 0 bridgehead atoms. The first-order valence-corrected chi connectivity index (χ1v) is 8.26. The van der Waals surface area contributed by atoms with Gasteiger partial charge in [-0.05, 0) is 30.5 Å². The van der Waals surface area contributed by atoms with Gasteiger partial charge in [0.1, 0.15) is 10.6 Å². The minimum atomic E-state index is -3.51. The van der Waals surface area contributed by atoms with Crippen LogP contribution in [-0.2, 0) is 15.9 Å². The lowest BCUT2D eigenvalue weighted by Crippen LogP contribution is -2.33. The third kappa shape index (κ3) is 2.88. The summed E-state index contributed by atoms with van der Waals surface area (Å²) in [6.45, 7) is 2.33. The van der Waals surface area contributed by atoms with Crippen molar-refractivity contribution in [2.75, 3.05) is 13.7 Å². The first-order chi connectivity index (χ1) is 9.04. The van der Waals surface area contributed by atoms with E-state index in [9.17, 15) is 8.42 Å². The Hall–Kier alpha value is -0.780. The molecule has 0 saturated heterocycles. The second-order valence-corrected chi connectivity index (χ2v) is 6.68. The normalized spacial score (nSPS) is 15.8. The molecule has 0 spiro atoms. The molecule has 2 rings (SSSR count). The van der Waals surface area contributed by atoms with E-state index >= 15 is 0 Å². The van der Waals surface area contributed by atoms with Crippen molar-refractivity contribution in [2.24, 2.45) is 0 Å². The van der Waals surface area contributed by atoms with Gasteiger partial charge in [0, 0.05) is 18.5 Å². The molecule has 0 aromatic heterocycles. The van der Waals surface area contributed by atoms with E-state index < -0.39 is 10.0 Å². The third-order valence-corrected chi connectivity index (χ3v) is 5.59. The van der Waals surface area contributed by atoms with Gasteiger partial charge in [0.2, 0.25) is 10.0 Å². The van der Waals surface area contributed by atoms with E-state index in [4.69, 9.17) is 16.3 Å². The number of ether oxygens (including phenoxy) is 1. The summed E-state index contributed by atoms with van der Waals surface area (Å²) in [5.41, 5.74) is 0.771. The molecule has 19 heavy (non-hydrogen) atoms. The highest BCUT2D eigenvalue weighted by Gasteiger charge is 2.38. The van der Waals surface area contributed by atoms with Crippen LogP contribution in [-0.4, -0.2) is 32.4 Å². The van der Waals surface area contributed by atoms with Crippen molar-refractivity contribution in [3.05, 3.63) is 23.8 Å². The topological polar surface area (TPSA) is 46.6 Å². The average Bonchev–Trinajstić information content (AvgIpc) is 3.23. The summed E-state index contributed by atoms with van der Waals surface area (Å²) in [6.07, 6.45) is 1.87. The summed E-state index contributed by atoms with van der Waals surface area (Å²) in [5.74, 6) is 0.648. The highest BCUT2D eigenvalue weighted by molar-refractivity contribution is 7.89. The SMILES string of the molecule is CCN(C1CC1)S(=O)(=O)c1cc(CCl)ccc1OC. The Labute approximate surface area is 119 Å². The molecular formula is C13H18ClNO3S. The molecule has 1 aromatic rings. The largest absolute Gasteiger partial charge is 0.495 e. The van der Waals surface area contributed by atoms with E-state index in [1.165, 1.54) is 7.11 Å². The van der Waals surface area contributed by atoms with Crippen LogP contribution in [0, 0.1) is 0 Å². The Bertz CT molecular complexity index is 555. The summed E-state index contributed by atoms with van der Waals surface area (Å²) in [6, 6.07) is 5.18. The van der Waals surface area contributed by atoms with Crippen LogP contribution in [0.25, 0.3) is 0 Å². The predicted molar refractivity (Wildman–Crippen MR) is 75.1 cm³/mol. The summed E-state index contributed by atoms with van der Waals surface area (Å²) in [4.78, 5) is 0.210. The molecular weight excluding hydrogens is 286 g/mol. The molecule has 1 aromatic carbocycles. The molecule has 1 saturated carbocycles. The molecule has 0 aliphatic heterocycles. The van der Waals surface area contributed by atoms with Crippen molar-refractivity contribution in [2.45, 2.75) is 36.6 Å². The number of alkyl halides is 1. The quantitative estimate of drug-likeness (QED) is 0.759. The number of halogens is 1. The molecule has 6 heteroatoms. The summed E-state index contributed by atoms with van der Waals surface area (Å²) in [7, 11) is -2.04. The molecule has 1 aliphatic rings. The lowest BCUT2D eigenvalue weighted by atomic mass is 10.2. The number of methoxy groups -OCH3 is 1. The molecule has 0 N–H and O–H groups in total. The van der Waals surface area contributed by atoms with Gasteiger partial charge >= 0.3 is 0 Å². The van der Waals surface area contributed by atoms with Crippen molar-refractivity contribution >= 4 is 21.6 Å². The first-order valence-electron chi connectivity index (χ1n) is 6.29. The Morgan fingerprint density at radius 1 is 1.42 bits per heavy atom. The van der Waals surface area contributed by atoms with Crippen LogP contribution in [0.4, 0.5) is 0 Å². The number of hydrogen-bond acceptors (Lipinski definition) is 3. The van der Waals surface area contributed by atoms with Gasteiger partial charge in [-0.3, -0.25) is 0 Å². The number of nitrogens with zero attached hydrogens (tertiary/aromatic N) is 1. The maximum atomic E-state index is 12.7.